The lowest BCUT2D eigenvalue weighted by molar-refractivity contribution is -0.144. The van der Waals surface area contributed by atoms with Gasteiger partial charge in [-0.2, -0.15) is 13.5 Å². The third-order valence-electron chi connectivity index (χ3n) is 4.29. The molecule has 1 unspecified atom stereocenters. The molecule has 1 heterocycles. The zero-order chi connectivity index (χ0) is 22.7. The number of carboxylic acid groups (broad SMARTS) is 1. The molecule has 0 spiro atoms. The fraction of sp³-hybridized carbons (Fsp3) is 0.250. The number of carbonyl (C=O) groups is 1. The third kappa shape index (κ3) is 4.87. The van der Waals surface area contributed by atoms with Crippen molar-refractivity contribution in [3.05, 3.63) is 70.2 Å². The van der Waals surface area contributed by atoms with Crippen LogP contribution in [-0.4, -0.2) is 31.5 Å². The topological polar surface area (TPSA) is 95.6 Å². The lowest BCUT2D eigenvalue weighted by Gasteiger charge is -2.12. The number of hydrogen-bond acceptors (Lipinski definition) is 5. The van der Waals surface area contributed by atoms with E-state index in [1.807, 2.05) is 0 Å². The molecule has 8 nitrogen and oxygen atoms in total. The summed E-state index contributed by atoms with van der Waals surface area (Å²) in [4.78, 5) is 23.0. The van der Waals surface area contributed by atoms with Gasteiger partial charge in [0.05, 0.1) is 0 Å². The number of nitrogens with zero attached hydrogens (tertiary/aromatic N) is 3. The highest BCUT2D eigenvalue weighted by atomic mass is 19.3. The summed E-state index contributed by atoms with van der Waals surface area (Å²) in [5.74, 6) is -1.78. The smallest absolute Gasteiger partial charge is 0.355 e. The number of hydrogen-bond donors (Lipinski definition) is 1. The first-order valence-electron chi connectivity index (χ1n) is 9.05. The van der Waals surface area contributed by atoms with E-state index in [4.69, 9.17) is 14.6 Å². The zero-order valence-electron chi connectivity index (χ0n) is 16.5. The summed E-state index contributed by atoms with van der Waals surface area (Å²) >= 11 is 0. The predicted molar refractivity (Wildman–Crippen MR) is 102 cm³/mol. The van der Waals surface area contributed by atoms with Crippen LogP contribution in [0.2, 0.25) is 0 Å². The van der Waals surface area contributed by atoms with Gasteiger partial charge in [0.15, 0.2) is 11.9 Å². The van der Waals surface area contributed by atoms with Crippen LogP contribution < -0.4 is 15.2 Å². The quantitative estimate of drug-likeness (QED) is 0.581. The van der Waals surface area contributed by atoms with Crippen molar-refractivity contribution in [2.45, 2.75) is 33.1 Å². The van der Waals surface area contributed by atoms with Crippen LogP contribution in [0.1, 0.15) is 24.9 Å². The van der Waals surface area contributed by atoms with Crippen molar-refractivity contribution in [1.82, 2.24) is 14.3 Å². The Morgan fingerprint density at radius 3 is 2.55 bits per heavy atom. The van der Waals surface area contributed by atoms with Gasteiger partial charge in [-0.1, -0.05) is 12.1 Å². The minimum atomic E-state index is -3.09. The number of aliphatic carboxylic acids is 1. The largest absolute Gasteiger partial charge is 0.489 e. The normalized spacial score (nSPS) is 12.1. The van der Waals surface area contributed by atoms with Crippen molar-refractivity contribution < 1.29 is 32.5 Å². The van der Waals surface area contributed by atoms with Crippen molar-refractivity contribution in [2.24, 2.45) is 0 Å². The minimum absolute atomic E-state index is 0.0243. The molecule has 3 aromatic rings. The molecule has 0 aliphatic heterocycles. The molecule has 31 heavy (non-hydrogen) atoms. The van der Waals surface area contributed by atoms with Gasteiger partial charge < -0.3 is 14.6 Å². The number of benzene rings is 2. The van der Waals surface area contributed by atoms with Crippen molar-refractivity contribution in [3.8, 4) is 17.2 Å². The average molecular weight is 437 g/mol. The van der Waals surface area contributed by atoms with E-state index in [1.165, 1.54) is 26.0 Å². The molecule has 1 aromatic heterocycles. The molecule has 1 atom stereocenters. The van der Waals surface area contributed by atoms with E-state index in [1.54, 1.807) is 24.3 Å². The minimum Gasteiger partial charge on any atom is -0.489 e. The van der Waals surface area contributed by atoms with Crippen LogP contribution in [0.5, 0.6) is 11.5 Å². The predicted octanol–water partition coefficient (Wildman–Crippen LogP) is 3.31. The summed E-state index contributed by atoms with van der Waals surface area (Å²) < 4.78 is 51.9. The standard InChI is InChI=1S/C20H18F3N3O5/c1-11(18(27)28)31-15-5-3-4-13(8-15)10-30-14-6-7-17(16(21)9-14)26-20(29)25(19(22)23)12(2)24-26/h3-9,11,19H,10H2,1-2H3,(H,27,28). The highest BCUT2D eigenvalue weighted by Crippen LogP contribution is 2.22. The molecule has 0 aliphatic carbocycles. The lowest BCUT2D eigenvalue weighted by Crippen LogP contribution is -2.25. The lowest BCUT2D eigenvalue weighted by atomic mass is 10.2. The number of alkyl halides is 2. The molecule has 2 aromatic carbocycles. The molecule has 11 heteroatoms. The zero-order valence-corrected chi connectivity index (χ0v) is 16.5. The molecule has 0 amide bonds. The second-order valence-corrected chi connectivity index (χ2v) is 6.54. The Kier molecular flexibility index (Phi) is 6.33. The second kappa shape index (κ2) is 8.94. The number of carboxylic acids is 1. The van der Waals surface area contributed by atoms with Crippen LogP contribution in [-0.2, 0) is 11.4 Å². The fourth-order valence-electron chi connectivity index (χ4n) is 2.74. The van der Waals surface area contributed by atoms with Gasteiger partial charge in [-0.15, -0.1) is 5.10 Å². The van der Waals surface area contributed by atoms with Crippen molar-refractivity contribution in [1.29, 1.82) is 0 Å². The Hall–Kier alpha value is -3.76. The van der Waals surface area contributed by atoms with Gasteiger partial charge in [0.2, 0.25) is 0 Å². The first kappa shape index (κ1) is 21.9. The maximum atomic E-state index is 14.5. The molecule has 1 N–H and O–H groups in total. The van der Waals surface area contributed by atoms with Crippen LogP contribution in [0, 0.1) is 12.7 Å². The van der Waals surface area contributed by atoms with E-state index < -0.39 is 30.1 Å². The maximum absolute atomic E-state index is 14.5. The van der Waals surface area contributed by atoms with Crippen molar-refractivity contribution >= 4 is 5.97 Å². The molecule has 3 rings (SSSR count). The summed E-state index contributed by atoms with van der Waals surface area (Å²) in [6.07, 6.45) is -1.03. The first-order chi connectivity index (χ1) is 14.7. The molecule has 0 aliphatic rings. The number of halogens is 3. The van der Waals surface area contributed by atoms with Crippen LogP contribution in [0.25, 0.3) is 5.69 Å². The molecule has 0 radical (unpaired) electrons. The molecule has 164 valence electrons. The van der Waals surface area contributed by atoms with Crippen LogP contribution in [0.4, 0.5) is 13.2 Å². The van der Waals surface area contributed by atoms with E-state index in [-0.39, 0.29) is 28.4 Å². The summed E-state index contributed by atoms with van der Waals surface area (Å²) in [5.41, 5.74) is -0.813. The van der Waals surface area contributed by atoms with E-state index in [0.29, 0.717) is 16.0 Å². The van der Waals surface area contributed by atoms with E-state index in [2.05, 4.69) is 5.10 Å². The Morgan fingerprint density at radius 2 is 1.94 bits per heavy atom. The van der Waals surface area contributed by atoms with E-state index in [0.717, 1.165) is 6.07 Å². The Balaban J connectivity index is 1.74. The molecule has 0 bridgehead atoms. The summed E-state index contributed by atoms with van der Waals surface area (Å²) in [7, 11) is 0. The van der Waals surface area contributed by atoms with Gasteiger partial charge in [-0.05, 0) is 43.7 Å². The summed E-state index contributed by atoms with van der Waals surface area (Å²) in [6, 6.07) is 10.1. The third-order valence-corrected chi connectivity index (χ3v) is 4.29. The highest BCUT2D eigenvalue weighted by Gasteiger charge is 2.20. The van der Waals surface area contributed by atoms with Crippen molar-refractivity contribution in [2.75, 3.05) is 0 Å². The molecular formula is C20H18F3N3O5. The fourth-order valence-corrected chi connectivity index (χ4v) is 2.74. The number of aryl methyl sites for hydroxylation is 1. The van der Waals surface area contributed by atoms with Crippen LogP contribution in [0.3, 0.4) is 0 Å². The van der Waals surface area contributed by atoms with Crippen molar-refractivity contribution in [3.63, 3.8) is 0 Å². The Morgan fingerprint density at radius 1 is 1.19 bits per heavy atom. The van der Waals surface area contributed by atoms with E-state index >= 15 is 0 Å². The van der Waals surface area contributed by atoms with Gasteiger partial charge in [-0.25, -0.2) is 18.5 Å². The molecule has 0 saturated carbocycles. The number of ether oxygens (including phenoxy) is 2. The summed E-state index contributed by atoms with van der Waals surface area (Å²) in [5, 5.41) is 12.6. The Bertz CT molecular complexity index is 1160. The average Bonchev–Trinajstić information content (AvgIpc) is 3.00. The van der Waals surface area contributed by atoms with Crippen LogP contribution >= 0.6 is 0 Å². The number of aromatic nitrogens is 3. The summed E-state index contributed by atoms with van der Waals surface area (Å²) in [6.45, 7) is -0.456. The monoisotopic (exact) mass is 437 g/mol. The van der Waals surface area contributed by atoms with E-state index in [9.17, 15) is 22.8 Å². The highest BCUT2D eigenvalue weighted by molar-refractivity contribution is 5.72. The van der Waals surface area contributed by atoms with Crippen LogP contribution in [0.15, 0.2) is 47.3 Å². The van der Waals surface area contributed by atoms with Gasteiger partial charge in [0.1, 0.15) is 29.6 Å². The maximum Gasteiger partial charge on any atom is 0.355 e. The first-order valence-corrected chi connectivity index (χ1v) is 9.05. The molecule has 0 fully saturated rings. The SMILES string of the molecule is Cc1nn(-c2ccc(OCc3cccc(OC(C)C(=O)O)c3)cc2F)c(=O)n1C(F)F. The second-order valence-electron chi connectivity index (χ2n) is 6.54. The Labute approximate surface area is 174 Å². The number of rotatable bonds is 8. The molecular weight excluding hydrogens is 419 g/mol. The molecule has 0 saturated heterocycles. The van der Waals surface area contributed by atoms with Gasteiger partial charge in [0, 0.05) is 6.07 Å². The van der Waals surface area contributed by atoms with Gasteiger partial charge in [-0.3, -0.25) is 0 Å². The van der Waals surface area contributed by atoms with Gasteiger partial charge >= 0.3 is 18.2 Å². The van der Waals surface area contributed by atoms with Gasteiger partial charge in [0.25, 0.3) is 0 Å².